The van der Waals surface area contributed by atoms with Gasteiger partial charge in [0.15, 0.2) is 0 Å². The van der Waals surface area contributed by atoms with Crippen molar-refractivity contribution in [1.29, 1.82) is 0 Å². The van der Waals surface area contributed by atoms with Crippen LogP contribution in [0.2, 0.25) is 0 Å². The molecule has 114 valence electrons. The highest BCUT2D eigenvalue weighted by atomic mass is 79.9. The van der Waals surface area contributed by atoms with E-state index in [9.17, 15) is 0 Å². The van der Waals surface area contributed by atoms with Crippen LogP contribution >= 0.6 is 27.3 Å². The van der Waals surface area contributed by atoms with Crippen molar-refractivity contribution in [3.63, 3.8) is 0 Å². The van der Waals surface area contributed by atoms with Crippen molar-refractivity contribution in [3.8, 4) is 0 Å². The van der Waals surface area contributed by atoms with Gasteiger partial charge < -0.3 is 5.32 Å². The van der Waals surface area contributed by atoms with E-state index in [0.29, 0.717) is 5.92 Å². The number of benzene rings is 1. The van der Waals surface area contributed by atoms with Gasteiger partial charge in [-0.2, -0.15) is 0 Å². The van der Waals surface area contributed by atoms with Crippen LogP contribution in [0.4, 0.5) is 0 Å². The fourth-order valence-corrected chi connectivity index (χ4v) is 4.18. The Morgan fingerprint density at radius 2 is 2.10 bits per heavy atom. The van der Waals surface area contributed by atoms with E-state index in [1.165, 1.54) is 26.9 Å². The van der Waals surface area contributed by atoms with E-state index in [1.807, 2.05) is 11.3 Å². The highest BCUT2D eigenvalue weighted by Gasteiger charge is 2.12. The molecule has 2 aromatic rings. The molecule has 0 fully saturated rings. The van der Waals surface area contributed by atoms with Crippen molar-refractivity contribution in [1.82, 2.24) is 5.32 Å². The van der Waals surface area contributed by atoms with Crippen LogP contribution in [0.1, 0.15) is 29.3 Å². The Bertz CT molecular complexity index is 550. The molecule has 0 amide bonds. The van der Waals surface area contributed by atoms with Crippen molar-refractivity contribution in [3.05, 3.63) is 56.2 Å². The lowest BCUT2D eigenvalue weighted by molar-refractivity contribution is 0.473. The Balaban J connectivity index is 2.00. The maximum Gasteiger partial charge on any atom is 0.0285 e. The first-order chi connectivity index (χ1) is 10.2. The molecule has 3 heteroatoms. The molecule has 21 heavy (non-hydrogen) atoms. The summed E-state index contributed by atoms with van der Waals surface area (Å²) in [4.78, 5) is 1.47. The van der Waals surface area contributed by atoms with Gasteiger partial charge in [-0.05, 0) is 72.8 Å². The molecule has 0 bridgehead atoms. The fourth-order valence-electron chi connectivity index (χ4n) is 2.62. The van der Waals surface area contributed by atoms with Gasteiger partial charge >= 0.3 is 0 Å². The molecule has 1 atom stereocenters. The van der Waals surface area contributed by atoms with Crippen molar-refractivity contribution < 1.29 is 0 Å². The minimum atomic E-state index is 0.656. The monoisotopic (exact) mass is 365 g/mol. The molecule has 0 aliphatic rings. The van der Waals surface area contributed by atoms with Crippen LogP contribution in [0.3, 0.4) is 0 Å². The largest absolute Gasteiger partial charge is 0.316 e. The lowest BCUT2D eigenvalue weighted by Gasteiger charge is -2.17. The second kappa shape index (κ2) is 8.72. The minimum Gasteiger partial charge on any atom is -0.316 e. The number of aryl methyl sites for hydroxylation is 1. The summed E-state index contributed by atoms with van der Waals surface area (Å²) in [7, 11) is 0. The third kappa shape index (κ3) is 5.93. The number of thiophene rings is 1. The van der Waals surface area contributed by atoms with Gasteiger partial charge in [0.05, 0.1) is 0 Å². The molecule has 2 rings (SSSR count). The topological polar surface area (TPSA) is 12.0 Å². The van der Waals surface area contributed by atoms with E-state index in [-0.39, 0.29) is 0 Å². The average Bonchev–Trinajstić information content (AvgIpc) is 2.84. The first-order valence-corrected chi connectivity index (χ1v) is 9.33. The Hall–Kier alpha value is -0.640. The molecule has 1 aromatic carbocycles. The molecule has 1 N–H and O–H groups in total. The molecule has 1 unspecified atom stereocenters. The molecule has 1 heterocycles. The van der Waals surface area contributed by atoms with Crippen LogP contribution in [-0.4, -0.2) is 13.1 Å². The number of hydrogen-bond acceptors (Lipinski definition) is 2. The fraction of sp³-hybridized carbons (Fsp3) is 0.444. The zero-order valence-electron chi connectivity index (χ0n) is 12.9. The van der Waals surface area contributed by atoms with Gasteiger partial charge in [0, 0.05) is 14.7 Å². The van der Waals surface area contributed by atoms with E-state index in [2.05, 4.69) is 70.8 Å². The van der Waals surface area contributed by atoms with Crippen molar-refractivity contribution in [2.45, 2.75) is 33.1 Å². The normalized spacial score (nSPS) is 12.5. The average molecular weight is 366 g/mol. The third-order valence-corrected chi connectivity index (χ3v) is 5.30. The van der Waals surface area contributed by atoms with Crippen LogP contribution in [0.25, 0.3) is 0 Å². The predicted octanol–water partition coefficient (Wildman–Crippen LogP) is 5.22. The number of hydrogen-bond donors (Lipinski definition) is 1. The van der Waals surface area contributed by atoms with Gasteiger partial charge in [-0.3, -0.25) is 0 Å². The Kier molecular flexibility index (Phi) is 6.94. The molecule has 0 saturated carbocycles. The zero-order chi connectivity index (χ0) is 15.1. The quantitative estimate of drug-likeness (QED) is 0.632. The first kappa shape index (κ1) is 16.7. The molecule has 0 radical (unpaired) electrons. The smallest absolute Gasteiger partial charge is 0.0285 e. The number of halogens is 1. The van der Waals surface area contributed by atoms with Gasteiger partial charge in [-0.1, -0.05) is 36.8 Å². The van der Waals surface area contributed by atoms with E-state index < -0.39 is 0 Å². The van der Waals surface area contributed by atoms with Crippen LogP contribution in [0.15, 0.2) is 40.2 Å². The SMILES string of the molecule is CCCNCC(Cc1cccc(C)c1)Cc1cc(Br)cs1. The number of rotatable bonds is 8. The van der Waals surface area contributed by atoms with Crippen molar-refractivity contribution in [2.24, 2.45) is 5.92 Å². The molecule has 0 aliphatic heterocycles. The van der Waals surface area contributed by atoms with E-state index in [1.54, 1.807) is 0 Å². The van der Waals surface area contributed by atoms with Gasteiger partial charge in [0.2, 0.25) is 0 Å². The standard InChI is InChI=1S/C18H24BrNS/c1-3-7-20-12-16(10-18-11-17(19)13-21-18)9-15-6-4-5-14(2)8-15/h4-6,8,11,13,16,20H,3,7,9-10,12H2,1-2H3. The van der Waals surface area contributed by atoms with E-state index in [4.69, 9.17) is 0 Å². The van der Waals surface area contributed by atoms with Gasteiger partial charge in [0.1, 0.15) is 0 Å². The second-order valence-corrected chi connectivity index (χ2v) is 7.61. The molecule has 1 aromatic heterocycles. The van der Waals surface area contributed by atoms with Crippen LogP contribution in [-0.2, 0) is 12.8 Å². The molecule has 0 saturated heterocycles. The minimum absolute atomic E-state index is 0.656. The predicted molar refractivity (Wildman–Crippen MR) is 97.3 cm³/mol. The summed E-state index contributed by atoms with van der Waals surface area (Å²) in [5.41, 5.74) is 2.81. The molecule has 1 nitrogen and oxygen atoms in total. The van der Waals surface area contributed by atoms with Gasteiger partial charge in [-0.15, -0.1) is 11.3 Å². The van der Waals surface area contributed by atoms with Gasteiger partial charge in [0.25, 0.3) is 0 Å². The summed E-state index contributed by atoms with van der Waals surface area (Å²) in [6.45, 7) is 6.60. The maximum atomic E-state index is 3.59. The summed E-state index contributed by atoms with van der Waals surface area (Å²) in [6, 6.07) is 11.2. The molecule has 0 aliphatic carbocycles. The lowest BCUT2D eigenvalue weighted by atomic mass is 9.94. The van der Waals surface area contributed by atoms with E-state index in [0.717, 1.165) is 25.9 Å². The van der Waals surface area contributed by atoms with Crippen molar-refractivity contribution in [2.75, 3.05) is 13.1 Å². The highest BCUT2D eigenvalue weighted by molar-refractivity contribution is 9.10. The molecular formula is C18H24BrNS. The Morgan fingerprint density at radius 3 is 2.76 bits per heavy atom. The summed E-state index contributed by atoms with van der Waals surface area (Å²) >= 11 is 5.41. The number of nitrogens with one attached hydrogen (secondary N) is 1. The highest BCUT2D eigenvalue weighted by Crippen LogP contribution is 2.24. The zero-order valence-corrected chi connectivity index (χ0v) is 15.3. The van der Waals surface area contributed by atoms with Crippen LogP contribution in [0.5, 0.6) is 0 Å². The third-order valence-electron chi connectivity index (χ3n) is 3.58. The second-order valence-electron chi connectivity index (χ2n) is 5.70. The summed E-state index contributed by atoms with van der Waals surface area (Å²) in [5.74, 6) is 0.656. The summed E-state index contributed by atoms with van der Waals surface area (Å²) in [6.07, 6.45) is 3.50. The summed E-state index contributed by atoms with van der Waals surface area (Å²) < 4.78 is 1.21. The van der Waals surface area contributed by atoms with Crippen LogP contribution < -0.4 is 5.32 Å². The maximum absolute atomic E-state index is 3.59. The van der Waals surface area contributed by atoms with Crippen LogP contribution in [0, 0.1) is 12.8 Å². The molecular weight excluding hydrogens is 342 g/mol. The summed E-state index contributed by atoms with van der Waals surface area (Å²) in [5, 5.41) is 5.77. The van der Waals surface area contributed by atoms with Gasteiger partial charge in [-0.25, -0.2) is 0 Å². The Morgan fingerprint density at radius 1 is 1.24 bits per heavy atom. The Labute approximate surface area is 140 Å². The van der Waals surface area contributed by atoms with Crippen molar-refractivity contribution >= 4 is 27.3 Å². The van der Waals surface area contributed by atoms with E-state index >= 15 is 0 Å². The molecule has 0 spiro atoms. The first-order valence-electron chi connectivity index (χ1n) is 7.66. The lowest BCUT2D eigenvalue weighted by Crippen LogP contribution is -2.26.